The number of aromatic nitrogens is 1. The van der Waals surface area contributed by atoms with Gasteiger partial charge in [-0.15, -0.1) is 0 Å². The molecule has 0 N–H and O–H groups in total. The summed E-state index contributed by atoms with van der Waals surface area (Å²) in [6.45, 7) is 9.54. The first-order valence-electron chi connectivity index (χ1n) is 11.4. The maximum atomic E-state index is 13.1. The number of amides is 2. The summed E-state index contributed by atoms with van der Waals surface area (Å²) < 4.78 is 12.6. The van der Waals surface area contributed by atoms with E-state index >= 15 is 0 Å². The molecule has 1 aromatic heterocycles. The third-order valence-electron chi connectivity index (χ3n) is 6.08. The fourth-order valence-corrected chi connectivity index (χ4v) is 4.61. The number of carbonyl (C=O) groups is 4. The van der Waals surface area contributed by atoms with Gasteiger partial charge < -0.3 is 14.0 Å². The summed E-state index contributed by atoms with van der Waals surface area (Å²) >= 11 is 0. The number of aryl methyl sites for hydroxylation is 1. The minimum atomic E-state index is -1.10. The van der Waals surface area contributed by atoms with E-state index in [2.05, 4.69) is 0 Å². The van der Waals surface area contributed by atoms with Crippen molar-refractivity contribution in [2.24, 2.45) is 5.92 Å². The first-order chi connectivity index (χ1) is 16.1. The van der Waals surface area contributed by atoms with Crippen LogP contribution in [0.15, 0.2) is 30.3 Å². The predicted octanol–water partition coefficient (Wildman–Crippen LogP) is 3.75. The number of ether oxygens (including phenoxy) is 2. The Morgan fingerprint density at radius 3 is 2.12 bits per heavy atom. The van der Waals surface area contributed by atoms with Crippen molar-refractivity contribution in [2.75, 3.05) is 20.3 Å². The van der Waals surface area contributed by atoms with Crippen molar-refractivity contribution in [3.05, 3.63) is 58.4 Å². The van der Waals surface area contributed by atoms with Gasteiger partial charge in [-0.1, -0.05) is 26.0 Å². The predicted molar refractivity (Wildman–Crippen MR) is 126 cm³/mol. The summed E-state index contributed by atoms with van der Waals surface area (Å²) in [6, 6.07) is 7.19. The Kier molecular flexibility index (Phi) is 7.71. The molecule has 34 heavy (non-hydrogen) atoms. The van der Waals surface area contributed by atoms with Crippen LogP contribution in [-0.4, -0.2) is 59.4 Å². The van der Waals surface area contributed by atoms with E-state index in [1.807, 2.05) is 39.2 Å². The number of carbonyl (C=O) groups excluding carboxylic acids is 4. The minimum absolute atomic E-state index is 0.0127. The SMILES string of the molecule is COCC(C)n1c(C)cc(C(=O)COC(=O)C(CC(C)C)N2C(=O)c3ccccc3C2=O)c1C. The van der Waals surface area contributed by atoms with Crippen molar-refractivity contribution in [3.8, 4) is 0 Å². The number of Topliss-reactive ketones (excluding diaryl/α,β-unsaturated/α-hetero) is 1. The Hall–Kier alpha value is -3.26. The van der Waals surface area contributed by atoms with Gasteiger partial charge in [0.25, 0.3) is 11.8 Å². The number of nitrogens with zero attached hydrogens (tertiary/aromatic N) is 2. The lowest BCUT2D eigenvalue weighted by Gasteiger charge is -2.25. The molecule has 0 bridgehead atoms. The number of ketones is 1. The molecule has 3 rings (SSSR count). The van der Waals surface area contributed by atoms with Gasteiger partial charge in [0.1, 0.15) is 6.04 Å². The van der Waals surface area contributed by atoms with Crippen LogP contribution >= 0.6 is 0 Å². The van der Waals surface area contributed by atoms with Gasteiger partial charge in [-0.05, 0) is 51.3 Å². The van der Waals surface area contributed by atoms with E-state index < -0.39 is 30.4 Å². The Labute approximate surface area is 199 Å². The summed E-state index contributed by atoms with van der Waals surface area (Å²) in [5, 5.41) is 0. The van der Waals surface area contributed by atoms with Crippen molar-refractivity contribution >= 4 is 23.6 Å². The van der Waals surface area contributed by atoms with E-state index in [1.54, 1.807) is 37.4 Å². The van der Waals surface area contributed by atoms with Crippen LogP contribution in [0.3, 0.4) is 0 Å². The molecule has 1 aliphatic heterocycles. The topological polar surface area (TPSA) is 94.9 Å². The molecule has 0 fully saturated rings. The molecule has 1 aromatic carbocycles. The maximum Gasteiger partial charge on any atom is 0.329 e. The molecule has 2 heterocycles. The van der Waals surface area contributed by atoms with Crippen molar-refractivity contribution in [2.45, 2.75) is 53.1 Å². The summed E-state index contributed by atoms with van der Waals surface area (Å²) in [4.78, 5) is 52.8. The standard InChI is InChI=1S/C26H32N2O6/c1-15(2)11-22(28-24(30)19-9-7-8-10-20(19)25(28)31)26(32)34-14-23(29)21-12-16(3)27(18(21)5)17(4)13-33-6/h7-10,12,15,17,22H,11,13-14H2,1-6H3. The molecule has 2 aromatic rings. The maximum absolute atomic E-state index is 13.1. The number of hydrogen-bond donors (Lipinski definition) is 0. The zero-order chi connectivity index (χ0) is 25.2. The van der Waals surface area contributed by atoms with Crippen molar-refractivity contribution < 1.29 is 28.7 Å². The molecule has 8 heteroatoms. The molecule has 2 atom stereocenters. The molecule has 1 aliphatic rings. The first-order valence-corrected chi connectivity index (χ1v) is 11.4. The van der Waals surface area contributed by atoms with Crippen LogP contribution in [0.4, 0.5) is 0 Å². The smallest absolute Gasteiger partial charge is 0.329 e. The molecular weight excluding hydrogens is 436 g/mol. The Bertz CT molecular complexity index is 1080. The second-order valence-electron chi connectivity index (χ2n) is 9.16. The lowest BCUT2D eigenvalue weighted by molar-refractivity contribution is -0.147. The van der Waals surface area contributed by atoms with Gasteiger partial charge in [0.05, 0.1) is 23.8 Å². The first kappa shape index (κ1) is 25.4. The van der Waals surface area contributed by atoms with E-state index in [1.165, 1.54) is 0 Å². The lowest BCUT2D eigenvalue weighted by atomic mass is 10.0. The number of rotatable bonds is 10. The highest BCUT2D eigenvalue weighted by molar-refractivity contribution is 6.22. The summed E-state index contributed by atoms with van der Waals surface area (Å²) in [5.41, 5.74) is 2.67. The van der Waals surface area contributed by atoms with E-state index in [9.17, 15) is 19.2 Å². The number of methoxy groups -OCH3 is 1. The molecular formula is C26H32N2O6. The minimum Gasteiger partial charge on any atom is -0.456 e. The van der Waals surface area contributed by atoms with Crippen LogP contribution in [-0.2, 0) is 14.3 Å². The molecule has 8 nitrogen and oxygen atoms in total. The fourth-order valence-electron chi connectivity index (χ4n) is 4.61. The van der Waals surface area contributed by atoms with Gasteiger partial charge in [-0.25, -0.2) is 4.79 Å². The van der Waals surface area contributed by atoms with Crippen LogP contribution in [0, 0.1) is 19.8 Å². The largest absolute Gasteiger partial charge is 0.456 e. The molecule has 0 saturated carbocycles. The van der Waals surface area contributed by atoms with Gasteiger partial charge in [0.15, 0.2) is 6.61 Å². The van der Waals surface area contributed by atoms with Gasteiger partial charge in [-0.3, -0.25) is 19.3 Å². The molecule has 2 unspecified atom stereocenters. The number of imide groups is 1. The van der Waals surface area contributed by atoms with E-state index in [0.29, 0.717) is 12.2 Å². The second kappa shape index (κ2) is 10.3. The molecule has 0 saturated heterocycles. The van der Waals surface area contributed by atoms with Gasteiger partial charge in [0, 0.05) is 24.1 Å². The van der Waals surface area contributed by atoms with E-state index in [4.69, 9.17) is 9.47 Å². The van der Waals surface area contributed by atoms with E-state index in [-0.39, 0.29) is 35.3 Å². The Morgan fingerprint density at radius 2 is 1.59 bits per heavy atom. The molecule has 182 valence electrons. The quantitative estimate of drug-likeness (QED) is 0.299. The number of benzene rings is 1. The van der Waals surface area contributed by atoms with Crippen LogP contribution in [0.5, 0.6) is 0 Å². The molecule has 0 radical (unpaired) electrons. The van der Waals surface area contributed by atoms with Gasteiger partial charge in [0.2, 0.25) is 5.78 Å². The van der Waals surface area contributed by atoms with Gasteiger partial charge in [-0.2, -0.15) is 0 Å². The fraction of sp³-hybridized carbons (Fsp3) is 0.462. The van der Waals surface area contributed by atoms with Gasteiger partial charge >= 0.3 is 5.97 Å². The van der Waals surface area contributed by atoms with Crippen molar-refractivity contribution in [1.29, 1.82) is 0 Å². The number of esters is 1. The van der Waals surface area contributed by atoms with Crippen LogP contribution in [0.25, 0.3) is 0 Å². The van der Waals surface area contributed by atoms with Crippen molar-refractivity contribution in [1.82, 2.24) is 9.47 Å². The molecule has 0 spiro atoms. The Balaban J connectivity index is 1.77. The normalized spacial score (nSPS) is 15.0. The van der Waals surface area contributed by atoms with Crippen LogP contribution in [0.1, 0.15) is 75.7 Å². The highest BCUT2D eigenvalue weighted by Gasteiger charge is 2.43. The summed E-state index contributed by atoms with van der Waals surface area (Å²) in [7, 11) is 1.62. The second-order valence-corrected chi connectivity index (χ2v) is 9.16. The summed E-state index contributed by atoms with van der Waals surface area (Å²) in [5.74, 6) is -2.14. The average molecular weight is 469 g/mol. The monoisotopic (exact) mass is 468 g/mol. The third kappa shape index (κ3) is 4.82. The highest BCUT2D eigenvalue weighted by atomic mass is 16.5. The van der Waals surface area contributed by atoms with Crippen LogP contribution in [0.2, 0.25) is 0 Å². The van der Waals surface area contributed by atoms with Crippen LogP contribution < -0.4 is 0 Å². The van der Waals surface area contributed by atoms with E-state index in [0.717, 1.165) is 16.3 Å². The molecule has 0 aliphatic carbocycles. The third-order valence-corrected chi connectivity index (χ3v) is 6.08. The zero-order valence-corrected chi connectivity index (χ0v) is 20.6. The molecule has 2 amide bonds. The Morgan fingerprint density at radius 1 is 1.00 bits per heavy atom. The number of hydrogen-bond acceptors (Lipinski definition) is 6. The summed E-state index contributed by atoms with van der Waals surface area (Å²) in [6.07, 6.45) is 0.238. The number of fused-ring (bicyclic) bond motifs is 1. The zero-order valence-electron chi connectivity index (χ0n) is 20.6. The highest BCUT2D eigenvalue weighted by Crippen LogP contribution is 2.28. The van der Waals surface area contributed by atoms with Crippen molar-refractivity contribution in [3.63, 3.8) is 0 Å². The lowest BCUT2D eigenvalue weighted by Crippen LogP contribution is -2.46. The average Bonchev–Trinajstić information content (AvgIpc) is 3.23.